The molecule has 9 heteroatoms. The number of amides is 1. The molecular formula is C27H28N4O5. The molecule has 1 aromatic heterocycles. The third-order valence-corrected chi connectivity index (χ3v) is 6.46. The molecule has 0 saturated carbocycles. The van der Waals surface area contributed by atoms with Crippen LogP contribution in [0.15, 0.2) is 66.8 Å². The molecule has 36 heavy (non-hydrogen) atoms. The molecular weight excluding hydrogens is 460 g/mol. The maximum Gasteiger partial charge on any atom is 0.295 e. The third kappa shape index (κ3) is 4.39. The van der Waals surface area contributed by atoms with Crippen LogP contribution in [0.5, 0.6) is 11.5 Å². The highest BCUT2D eigenvalue weighted by Crippen LogP contribution is 2.41. The van der Waals surface area contributed by atoms with Crippen LogP contribution < -0.4 is 14.4 Å². The van der Waals surface area contributed by atoms with Gasteiger partial charge in [0.1, 0.15) is 19.0 Å². The van der Waals surface area contributed by atoms with Crippen LogP contribution in [0.2, 0.25) is 0 Å². The van der Waals surface area contributed by atoms with Crippen LogP contribution >= 0.6 is 0 Å². The molecule has 1 atom stereocenters. The van der Waals surface area contributed by atoms with E-state index in [0.717, 1.165) is 11.3 Å². The molecule has 2 aliphatic rings. The number of ketones is 1. The second-order valence-electron chi connectivity index (χ2n) is 8.99. The average Bonchev–Trinajstić information content (AvgIpc) is 3.50. The van der Waals surface area contributed by atoms with Crippen LogP contribution in [0.3, 0.4) is 0 Å². The van der Waals surface area contributed by atoms with Crippen LogP contribution in [-0.4, -0.2) is 65.1 Å². The third-order valence-electron chi connectivity index (χ3n) is 6.46. The maximum atomic E-state index is 13.3. The Morgan fingerprint density at radius 1 is 1.06 bits per heavy atom. The zero-order chi connectivity index (χ0) is 25.2. The van der Waals surface area contributed by atoms with Gasteiger partial charge in [-0.05, 0) is 42.3 Å². The molecule has 0 spiro atoms. The first kappa shape index (κ1) is 23.5. The Labute approximate surface area is 209 Å². The van der Waals surface area contributed by atoms with Crippen molar-refractivity contribution in [1.82, 2.24) is 14.5 Å². The van der Waals surface area contributed by atoms with Gasteiger partial charge in [0.05, 0.1) is 17.9 Å². The van der Waals surface area contributed by atoms with Crippen molar-refractivity contribution in [3.8, 4) is 11.5 Å². The topological polar surface area (TPSA) is 97.1 Å². The van der Waals surface area contributed by atoms with Crippen molar-refractivity contribution < 1.29 is 24.2 Å². The van der Waals surface area contributed by atoms with E-state index in [9.17, 15) is 14.7 Å². The lowest BCUT2D eigenvalue weighted by atomic mass is 9.95. The molecule has 0 radical (unpaired) electrons. The molecule has 1 N–H and O–H groups in total. The van der Waals surface area contributed by atoms with E-state index in [-0.39, 0.29) is 11.3 Å². The molecule has 1 saturated heterocycles. The predicted octanol–water partition coefficient (Wildman–Crippen LogP) is 3.23. The maximum absolute atomic E-state index is 13.3. The van der Waals surface area contributed by atoms with Crippen molar-refractivity contribution >= 4 is 23.1 Å². The Balaban J connectivity index is 1.53. The molecule has 9 nitrogen and oxygen atoms in total. The fourth-order valence-electron chi connectivity index (χ4n) is 4.60. The van der Waals surface area contributed by atoms with Crippen molar-refractivity contribution in [2.24, 2.45) is 0 Å². The number of aromatic nitrogens is 2. The predicted molar refractivity (Wildman–Crippen MR) is 134 cm³/mol. The molecule has 0 unspecified atom stereocenters. The number of aliphatic hydroxyl groups is 1. The Bertz CT molecular complexity index is 1300. The van der Waals surface area contributed by atoms with Gasteiger partial charge in [-0.1, -0.05) is 12.1 Å². The van der Waals surface area contributed by atoms with Gasteiger partial charge in [-0.3, -0.25) is 9.59 Å². The number of imidazole rings is 1. The molecule has 5 rings (SSSR count). The van der Waals surface area contributed by atoms with E-state index >= 15 is 0 Å². The zero-order valence-corrected chi connectivity index (χ0v) is 20.3. The zero-order valence-electron chi connectivity index (χ0n) is 20.3. The average molecular weight is 489 g/mol. The summed E-state index contributed by atoms with van der Waals surface area (Å²) in [5, 5.41) is 11.3. The van der Waals surface area contributed by atoms with Crippen LogP contribution in [0.1, 0.15) is 23.6 Å². The van der Waals surface area contributed by atoms with E-state index in [2.05, 4.69) is 4.98 Å². The van der Waals surface area contributed by atoms with Crippen LogP contribution in [0.25, 0.3) is 5.76 Å². The fourth-order valence-corrected chi connectivity index (χ4v) is 4.60. The van der Waals surface area contributed by atoms with Crippen LogP contribution in [-0.2, 0) is 16.1 Å². The molecule has 186 valence electrons. The number of aliphatic hydroxyl groups excluding tert-OH is 1. The van der Waals surface area contributed by atoms with E-state index in [4.69, 9.17) is 9.47 Å². The van der Waals surface area contributed by atoms with Gasteiger partial charge in [0, 0.05) is 50.8 Å². The van der Waals surface area contributed by atoms with Gasteiger partial charge in [-0.25, -0.2) is 4.98 Å². The Kier molecular flexibility index (Phi) is 6.37. The van der Waals surface area contributed by atoms with E-state index < -0.39 is 17.7 Å². The van der Waals surface area contributed by atoms with Crippen LogP contribution in [0.4, 0.5) is 5.69 Å². The minimum atomic E-state index is -0.711. The number of Topliss-reactive ketones (excluding diaryl/α,β-unsaturated/α-hetero) is 1. The number of aryl methyl sites for hydroxylation is 1. The number of rotatable bonds is 7. The summed E-state index contributed by atoms with van der Waals surface area (Å²) in [5.74, 6) is -0.488. The Morgan fingerprint density at radius 3 is 2.50 bits per heavy atom. The number of carbonyl (C=O) groups excluding carboxylic acids is 2. The van der Waals surface area contributed by atoms with Gasteiger partial charge in [-0.2, -0.15) is 0 Å². The first-order valence-corrected chi connectivity index (χ1v) is 11.9. The van der Waals surface area contributed by atoms with Gasteiger partial charge >= 0.3 is 0 Å². The minimum Gasteiger partial charge on any atom is -0.507 e. The molecule has 3 heterocycles. The summed E-state index contributed by atoms with van der Waals surface area (Å²) in [7, 11) is 3.89. The van der Waals surface area contributed by atoms with E-state index in [1.165, 1.54) is 0 Å². The second kappa shape index (κ2) is 9.77. The van der Waals surface area contributed by atoms with Gasteiger partial charge < -0.3 is 28.9 Å². The number of nitrogens with zero attached hydrogens (tertiary/aromatic N) is 4. The number of anilines is 1. The monoisotopic (exact) mass is 488 g/mol. The number of ether oxygens (including phenoxy) is 2. The summed E-state index contributed by atoms with van der Waals surface area (Å²) >= 11 is 0. The highest BCUT2D eigenvalue weighted by atomic mass is 16.6. The highest BCUT2D eigenvalue weighted by Gasteiger charge is 2.45. The smallest absolute Gasteiger partial charge is 0.295 e. The van der Waals surface area contributed by atoms with Gasteiger partial charge in [0.2, 0.25) is 0 Å². The van der Waals surface area contributed by atoms with Gasteiger partial charge in [-0.15, -0.1) is 0 Å². The van der Waals surface area contributed by atoms with Crippen molar-refractivity contribution in [3.63, 3.8) is 0 Å². The lowest BCUT2D eigenvalue weighted by Gasteiger charge is -2.26. The van der Waals surface area contributed by atoms with Crippen molar-refractivity contribution in [1.29, 1.82) is 0 Å². The lowest BCUT2D eigenvalue weighted by molar-refractivity contribution is -0.139. The summed E-state index contributed by atoms with van der Waals surface area (Å²) in [5.41, 5.74) is 2.20. The second-order valence-corrected chi connectivity index (χ2v) is 8.99. The normalized spacial score (nSPS) is 18.5. The summed E-state index contributed by atoms with van der Waals surface area (Å²) in [6.45, 7) is 1.85. The highest BCUT2D eigenvalue weighted by molar-refractivity contribution is 6.46. The SMILES string of the molecule is CN(C)c1ccc([C@@H]2/C(=C(\O)c3ccc4c(c3)OCCO4)C(=O)C(=O)N2CCCn2ccnc2)cc1. The largest absolute Gasteiger partial charge is 0.507 e. The molecule has 2 aliphatic heterocycles. The Morgan fingerprint density at radius 2 is 1.81 bits per heavy atom. The summed E-state index contributed by atoms with van der Waals surface area (Å²) in [6.07, 6.45) is 5.90. The Hall–Kier alpha value is -4.27. The minimum absolute atomic E-state index is 0.0666. The number of benzene rings is 2. The number of hydrogen-bond donors (Lipinski definition) is 1. The van der Waals surface area contributed by atoms with Gasteiger partial charge in [0.15, 0.2) is 11.5 Å². The van der Waals surface area contributed by atoms with E-state index in [1.807, 2.05) is 54.0 Å². The number of hydrogen-bond acceptors (Lipinski definition) is 7. The molecule has 0 bridgehead atoms. The first-order chi connectivity index (χ1) is 17.4. The molecule has 2 aromatic carbocycles. The summed E-state index contributed by atoms with van der Waals surface area (Å²) in [6, 6.07) is 12.0. The van der Waals surface area contributed by atoms with E-state index in [1.54, 1.807) is 35.6 Å². The number of carbonyl (C=O) groups is 2. The lowest BCUT2D eigenvalue weighted by Crippen LogP contribution is -2.31. The van der Waals surface area contributed by atoms with E-state index in [0.29, 0.717) is 49.8 Å². The quantitative estimate of drug-likeness (QED) is 0.310. The van der Waals surface area contributed by atoms with Crippen molar-refractivity contribution in [2.75, 3.05) is 38.8 Å². The number of likely N-dealkylation sites (tertiary alicyclic amines) is 1. The fraction of sp³-hybridized carbons (Fsp3) is 0.296. The standard InChI is InChI=1S/C27H28N4O5/c1-29(2)20-7-4-18(5-8-20)24-23(25(32)19-6-9-21-22(16-19)36-15-14-35-21)26(33)27(34)31(24)12-3-11-30-13-10-28-17-30/h4-10,13,16-17,24,32H,3,11-12,14-15H2,1-2H3/b25-23+/t24-/m1/s1. The number of fused-ring (bicyclic) bond motifs is 1. The van der Waals surface area contributed by atoms with Crippen molar-refractivity contribution in [3.05, 3.63) is 77.9 Å². The van der Waals surface area contributed by atoms with Crippen LogP contribution in [0, 0.1) is 0 Å². The summed E-state index contributed by atoms with van der Waals surface area (Å²) in [4.78, 5) is 34.0. The van der Waals surface area contributed by atoms with Gasteiger partial charge in [0.25, 0.3) is 11.7 Å². The molecule has 0 aliphatic carbocycles. The summed E-state index contributed by atoms with van der Waals surface area (Å²) < 4.78 is 13.1. The molecule has 3 aromatic rings. The molecule has 1 fully saturated rings. The first-order valence-electron chi connectivity index (χ1n) is 11.9. The van der Waals surface area contributed by atoms with Crippen molar-refractivity contribution in [2.45, 2.75) is 19.0 Å². The molecule has 1 amide bonds.